The van der Waals surface area contributed by atoms with Crippen molar-refractivity contribution in [1.82, 2.24) is 20.0 Å². The van der Waals surface area contributed by atoms with Gasteiger partial charge in [0.05, 0.1) is 86.2 Å². The first-order valence-corrected chi connectivity index (χ1v) is 24.1. The first-order chi connectivity index (χ1) is 33.8. The third kappa shape index (κ3) is 19.6. The van der Waals surface area contributed by atoms with Crippen LogP contribution in [-0.4, -0.2) is 147 Å². The first kappa shape index (κ1) is 55.2. The molecule has 4 aromatic carbocycles. The molecule has 0 unspecified atom stereocenters. The molecule has 2 aliphatic rings. The second-order valence-electron chi connectivity index (χ2n) is 15.6. The maximum absolute atomic E-state index is 8.99. The maximum Gasteiger partial charge on any atom is 0.191 e. The lowest BCUT2D eigenvalue weighted by molar-refractivity contribution is 0.120. The minimum atomic E-state index is 0.544. The van der Waals surface area contributed by atoms with Crippen LogP contribution in [0.2, 0.25) is 0 Å². The van der Waals surface area contributed by atoms with Gasteiger partial charge in [-0.05, 0) is 74.2 Å². The number of ether oxygens (including phenoxy) is 8. The van der Waals surface area contributed by atoms with Crippen molar-refractivity contribution in [2.45, 2.75) is 25.7 Å². The van der Waals surface area contributed by atoms with Crippen molar-refractivity contribution in [2.24, 2.45) is 0 Å². The van der Waals surface area contributed by atoms with Gasteiger partial charge in [0, 0.05) is 83.4 Å². The molecule has 0 radical (unpaired) electrons. The van der Waals surface area contributed by atoms with E-state index in [0.717, 1.165) is 103 Å². The summed E-state index contributed by atoms with van der Waals surface area (Å²) in [6.07, 6.45) is 3.81. The predicted molar refractivity (Wildman–Crippen MR) is 272 cm³/mol. The molecule has 0 atom stereocenters. The van der Waals surface area contributed by atoms with Crippen LogP contribution in [0.15, 0.2) is 72.8 Å². The van der Waals surface area contributed by atoms with Crippen molar-refractivity contribution < 1.29 is 37.9 Å². The summed E-state index contributed by atoms with van der Waals surface area (Å²) in [6, 6.07) is 23.0. The number of piperazine rings is 2. The number of methoxy groups -OCH3 is 4. The monoisotopic (exact) mass is 1010 g/mol. The molecule has 69 heavy (non-hydrogen) atoms. The maximum atomic E-state index is 8.99. The van der Waals surface area contributed by atoms with Crippen molar-refractivity contribution in [1.29, 1.82) is 5.26 Å². The normalized spacial score (nSPS) is 13.5. The van der Waals surface area contributed by atoms with Gasteiger partial charge < -0.3 is 57.9 Å². The highest BCUT2D eigenvalue weighted by Gasteiger charge is 2.17. The van der Waals surface area contributed by atoms with Gasteiger partial charge >= 0.3 is 0 Å². The molecule has 4 aromatic rings. The molecular formula is C52H65BrN8O8. The molecule has 1 N–H and O–H groups in total. The van der Waals surface area contributed by atoms with Gasteiger partial charge in [-0.25, -0.2) is 14.5 Å². The van der Waals surface area contributed by atoms with Gasteiger partial charge in [0.15, 0.2) is 45.8 Å². The molecule has 0 saturated carbocycles. The van der Waals surface area contributed by atoms with Gasteiger partial charge in [0.1, 0.15) is 17.2 Å². The van der Waals surface area contributed by atoms with Crippen molar-refractivity contribution in [2.75, 3.05) is 132 Å². The molecular weight excluding hydrogens is 945 g/mol. The zero-order valence-corrected chi connectivity index (χ0v) is 41.9. The average Bonchev–Trinajstić information content (AvgIpc) is 3.41. The standard InChI is InChI=1S/C26H32N4O4.C15H21N3O2.C11H12BrNO2/c1-28-22-7-9-24(26(19-22)32-3)34-17-5-11-30-14-12-29(13-15-30)10-4-16-33-23-8-6-21(20-27)18-25(23)31-2;1-16-13-4-5-14(15(12-13)19-2)20-11-3-8-18-9-6-17-7-10-18;1-13-9-4-5-10(11(8-9)14-2)15-7-3-6-12/h6-9,18-19H,4-5,10-17H2,2-3H3;4-5,12,17H,3,6-11H2,2H3;4-5,8H,3,6-7H2,2H3. The molecule has 16 nitrogen and oxygen atoms in total. The van der Waals surface area contributed by atoms with Crippen LogP contribution in [0.3, 0.4) is 0 Å². The molecule has 2 aliphatic heterocycles. The molecule has 2 heterocycles. The number of benzene rings is 4. The van der Waals surface area contributed by atoms with E-state index in [1.807, 2.05) is 0 Å². The number of hydrogen-bond acceptors (Lipinski definition) is 13. The highest BCUT2D eigenvalue weighted by atomic mass is 79.9. The lowest BCUT2D eigenvalue weighted by Crippen LogP contribution is -2.47. The van der Waals surface area contributed by atoms with E-state index in [2.05, 4.69) is 56.6 Å². The fourth-order valence-corrected chi connectivity index (χ4v) is 7.44. The van der Waals surface area contributed by atoms with Gasteiger partial charge in [-0.2, -0.15) is 5.26 Å². The summed E-state index contributed by atoms with van der Waals surface area (Å²) in [6.45, 7) is 35.1. The van der Waals surface area contributed by atoms with Crippen molar-refractivity contribution in [3.63, 3.8) is 0 Å². The molecule has 0 bridgehead atoms. The Kier molecular flexibility index (Phi) is 25.8. The molecule has 6 rings (SSSR count). The minimum absolute atomic E-state index is 0.544. The van der Waals surface area contributed by atoms with E-state index < -0.39 is 0 Å². The smallest absolute Gasteiger partial charge is 0.191 e. The number of nitrogens with one attached hydrogen (secondary N) is 1. The topological polar surface area (TPSA) is 132 Å². The SMILES string of the molecule is [C-]#[N+]c1ccc(OCCCBr)c(OC)c1.[C-]#[N+]c1ccc(OCCCN2CCN(CCCOc3ccc(C#N)cc3OC)CC2)c(OC)c1.[C-]#[N+]c1ccc(OCCCN2CCNCC2)c(OC)c1. The second-order valence-corrected chi connectivity index (χ2v) is 16.4. The molecule has 2 fully saturated rings. The zero-order chi connectivity index (χ0) is 49.5. The second kappa shape index (κ2) is 32.3. The van der Waals surface area contributed by atoms with Crippen LogP contribution in [0.4, 0.5) is 17.1 Å². The summed E-state index contributed by atoms with van der Waals surface area (Å²) in [5.74, 6) is 5.18. The van der Waals surface area contributed by atoms with E-state index in [1.165, 1.54) is 0 Å². The van der Waals surface area contributed by atoms with Crippen LogP contribution >= 0.6 is 15.9 Å². The summed E-state index contributed by atoms with van der Waals surface area (Å²) >= 11 is 3.33. The van der Waals surface area contributed by atoms with E-state index in [1.54, 1.807) is 101 Å². The molecule has 17 heteroatoms. The van der Waals surface area contributed by atoms with Crippen molar-refractivity contribution in [3.8, 4) is 52.1 Å². The van der Waals surface area contributed by atoms with Crippen LogP contribution in [0.1, 0.15) is 31.2 Å². The summed E-state index contributed by atoms with van der Waals surface area (Å²) in [4.78, 5) is 17.5. The zero-order valence-electron chi connectivity index (χ0n) is 40.3. The molecule has 0 spiro atoms. The Morgan fingerprint density at radius 2 is 0.826 bits per heavy atom. The molecule has 368 valence electrons. The van der Waals surface area contributed by atoms with E-state index in [0.29, 0.717) is 95.0 Å². The van der Waals surface area contributed by atoms with Crippen LogP contribution in [0, 0.1) is 31.0 Å². The Morgan fingerprint density at radius 1 is 0.493 bits per heavy atom. The van der Waals surface area contributed by atoms with Crippen LogP contribution in [0.5, 0.6) is 46.0 Å². The Morgan fingerprint density at radius 3 is 1.16 bits per heavy atom. The average molecular weight is 1010 g/mol. The number of nitriles is 1. The number of rotatable bonds is 23. The van der Waals surface area contributed by atoms with Crippen molar-refractivity contribution >= 4 is 33.0 Å². The molecule has 2 saturated heterocycles. The van der Waals surface area contributed by atoms with Gasteiger partial charge in [0.25, 0.3) is 0 Å². The van der Waals surface area contributed by atoms with Gasteiger partial charge in [-0.1, -0.05) is 34.1 Å². The predicted octanol–water partition coefficient (Wildman–Crippen LogP) is 9.31. The summed E-state index contributed by atoms with van der Waals surface area (Å²) in [5.41, 5.74) is 2.22. The lowest BCUT2D eigenvalue weighted by atomic mass is 10.2. The lowest BCUT2D eigenvalue weighted by Gasteiger charge is -2.34. The summed E-state index contributed by atoms with van der Waals surface area (Å²) < 4.78 is 44.0. The molecule has 0 aromatic heterocycles. The van der Waals surface area contributed by atoms with E-state index in [-0.39, 0.29) is 0 Å². The number of hydrogen-bond donors (Lipinski definition) is 1. The third-order valence-corrected chi connectivity index (χ3v) is 11.5. The Balaban J connectivity index is 0.000000250. The summed E-state index contributed by atoms with van der Waals surface area (Å²) in [5, 5.41) is 13.2. The molecule has 0 aliphatic carbocycles. The highest BCUT2D eigenvalue weighted by Crippen LogP contribution is 2.34. The Hall–Kier alpha value is -6.44. The van der Waals surface area contributed by atoms with Crippen LogP contribution in [0.25, 0.3) is 14.5 Å². The fourth-order valence-electron chi connectivity index (χ4n) is 7.21. The van der Waals surface area contributed by atoms with Crippen molar-refractivity contribution in [3.05, 3.63) is 113 Å². The third-order valence-electron chi connectivity index (χ3n) is 11.0. The highest BCUT2D eigenvalue weighted by molar-refractivity contribution is 9.09. The number of halogens is 1. The minimum Gasteiger partial charge on any atom is -0.494 e. The summed E-state index contributed by atoms with van der Waals surface area (Å²) in [7, 11) is 6.34. The van der Waals surface area contributed by atoms with Crippen LogP contribution in [-0.2, 0) is 0 Å². The first-order valence-electron chi connectivity index (χ1n) is 23.0. The van der Waals surface area contributed by atoms with E-state index >= 15 is 0 Å². The van der Waals surface area contributed by atoms with Gasteiger partial charge in [-0.3, -0.25) is 0 Å². The van der Waals surface area contributed by atoms with E-state index in [4.69, 9.17) is 62.9 Å². The number of nitrogens with zero attached hydrogens (tertiary/aromatic N) is 7. The Bertz CT molecular complexity index is 2230. The van der Waals surface area contributed by atoms with Gasteiger partial charge in [0.2, 0.25) is 0 Å². The Labute approximate surface area is 417 Å². The quantitative estimate of drug-likeness (QED) is 0.0431. The van der Waals surface area contributed by atoms with Crippen LogP contribution < -0.4 is 43.2 Å². The number of alkyl halides is 1. The molecule has 0 amide bonds. The fraction of sp³-hybridized carbons (Fsp3) is 0.462. The van der Waals surface area contributed by atoms with E-state index in [9.17, 15) is 0 Å². The van der Waals surface area contributed by atoms with Gasteiger partial charge in [-0.15, -0.1) is 0 Å². The largest absolute Gasteiger partial charge is 0.494 e.